The van der Waals surface area contributed by atoms with Crippen LogP contribution in [0.3, 0.4) is 0 Å². The Kier molecular flexibility index (Phi) is 11.7. The predicted molar refractivity (Wildman–Crippen MR) is 128 cm³/mol. The zero-order valence-electron chi connectivity index (χ0n) is 17.3. The second kappa shape index (κ2) is 12.7. The predicted octanol–water partition coefficient (Wildman–Crippen LogP) is 1.17. The van der Waals surface area contributed by atoms with E-state index in [2.05, 4.69) is 0 Å². The van der Waals surface area contributed by atoms with Crippen LogP contribution >= 0.6 is 0 Å². The van der Waals surface area contributed by atoms with E-state index >= 15 is 0 Å². The van der Waals surface area contributed by atoms with Gasteiger partial charge in [0.15, 0.2) is 0 Å². The van der Waals surface area contributed by atoms with E-state index in [1.54, 1.807) is 0 Å². The Morgan fingerprint density at radius 3 is 0.676 bits per heavy atom. The highest BCUT2D eigenvalue weighted by Gasteiger charge is 2.08. The van der Waals surface area contributed by atoms with Gasteiger partial charge in [-0.05, 0) is 72.8 Å². The summed E-state index contributed by atoms with van der Waals surface area (Å²) >= 11 is 0. The van der Waals surface area contributed by atoms with Crippen molar-refractivity contribution in [3.05, 3.63) is 72.8 Å². The first-order valence-corrected chi connectivity index (χ1v) is 12.8. The Labute approximate surface area is 207 Å². The molecule has 34 heavy (non-hydrogen) atoms. The molecule has 9 N–H and O–H groups in total. The van der Waals surface area contributed by atoms with Crippen LogP contribution in [0.2, 0.25) is 0 Å². The number of anilines is 3. The Bertz CT molecular complexity index is 1200. The van der Waals surface area contributed by atoms with Crippen molar-refractivity contribution < 1.29 is 38.9 Å². The largest absolute Gasteiger partial charge is 0.399 e. The fraction of sp³-hybridized carbons (Fsp3) is 0. The van der Waals surface area contributed by atoms with Crippen LogP contribution in [0.15, 0.2) is 87.5 Å². The minimum absolute atomic E-state index is 0. The summed E-state index contributed by atoms with van der Waals surface area (Å²) in [7, 11) is -12.2. The molecule has 12 nitrogen and oxygen atoms in total. The van der Waals surface area contributed by atoms with E-state index in [0.717, 1.165) is 0 Å². The lowest BCUT2D eigenvalue weighted by Gasteiger charge is -1.95. The van der Waals surface area contributed by atoms with Crippen LogP contribution in [0.5, 0.6) is 0 Å². The smallest absolute Gasteiger partial charge is 0.294 e. The monoisotopic (exact) mass is 546 g/mol. The van der Waals surface area contributed by atoms with Gasteiger partial charge in [0, 0.05) is 34.4 Å². The van der Waals surface area contributed by atoms with E-state index in [0.29, 0.717) is 17.1 Å². The number of nitrogen functional groups attached to an aromatic ring is 3. The van der Waals surface area contributed by atoms with Crippen LogP contribution in [0, 0.1) is 0 Å². The molecule has 3 rings (SSSR count). The van der Waals surface area contributed by atoms with Gasteiger partial charge in [-0.25, -0.2) is 0 Å². The Balaban J connectivity index is 0.000000473. The van der Waals surface area contributed by atoms with Crippen LogP contribution in [0.1, 0.15) is 0 Å². The minimum atomic E-state index is -4.08. The summed E-state index contributed by atoms with van der Waals surface area (Å²) in [5.74, 6) is 0. The lowest BCUT2D eigenvalue weighted by atomic mass is 10.3. The van der Waals surface area contributed by atoms with Gasteiger partial charge in [0.1, 0.15) is 0 Å². The van der Waals surface area contributed by atoms with Crippen molar-refractivity contribution in [2.75, 3.05) is 17.2 Å². The molecular weight excluding hydrogens is 525 g/mol. The summed E-state index contributed by atoms with van der Waals surface area (Å²) in [5, 5.41) is 0. The Morgan fingerprint density at radius 1 is 0.412 bits per heavy atom. The van der Waals surface area contributed by atoms with E-state index in [4.69, 9.17) is 30.9 Å². The number of hydrogen-bond acceptors (Lipinski definition) is 9. The molecule has 0 bridgehead atoms. The molecule has 0 aliphatic carbocycles. The van der Waals surface area contributed by atoms with Gasteiger partial charge < -0.3 is 17.2 Å². The van der Waals surface area contributed by atoms with E-state index in [9.17, 15) is 25.3 Å². The SMILES string of the molecule is Nc1ccc(S(=O)(=O)O)cc1.Nc1ccc(S(=O)(=O)O)cc1.Nc1ccc(S(=O)(=O)O)cc1.[Al]. The molecule has 0 unspecified atom stereocenters. The highest BCUT2D eigenvalue weighted by molar-refractivity contribution is 7.86. The normalized spacial score (nSPS) is 11.0. The number of hydrogen-bond donors (Lipinski definition) is 6. The van der Waals surface area contributed by atoms with Gasteiger partial charge in [-0.15, -0.1) is 0 Å². The molecule has 0 saturated carbocycles. The van der Waals surface area contributed by atoms with E-state index in [1.165, 1.54) is 72.8 Å². The van der Waals surface area contributed by atoms with E-state index in [-0.39, 0.29) is 32.0 Å². The maximum absolute atomic E-state index is 10.5. The highest BCUT2D eigenvalue weighted by atomic mass is 32.2. The fourth-order valence-electron chi connectivity index (χ4n) is 1.92. The Morgan fingerprint density at radius 2 is 0.559 bits per heavy atom. The fourth-order valence-corrected chi connectivity index (χ4v) is 3.36. The third-order valence-electron chi connectivity index (χ3n) is 3.53. The molecule has 0 amide bonds. The van der Waals surface area contributed by atoms with Gasteiger partial charge in [0.25, 0.3) is 30.4 Å². The van der Waals surface area contributed by atoms with Crippen LogP contribution in [0.25, 0.3) is 0 Å². The zero-order chi connectivity index (χ0) is 25.4. The first-order chi connectivity index (χ1) is 15.0. The lowest BCUT2D eigenvalue weighted by molar-refractivity contribution is 0.481. The van der Waals surface area contributed by atoms with Crippen molar-refractivity contribution in [3.8, 4) is 0 Å². The molecule has 3 aromatic rings. The minimum Gasteiger partial charge on any atom is -0.399 e. The molecule has 0 aliphatic heterocycles. The second-order valence-electron chi connectivity index (χ2n) is 6.13. The van der Waals surface area contributed by atoms with Gasteiger partial charge in [-0.3, -0.25) is 13.7 Å². The summed E-state index contributed by atoms with van der Waals surface area (Å²) in [5.41, 5.74) is 17.2. The molecule has 0 heterocycles. The molecule has 0 atom stereocenters. The molecular formula is C18H21AlN3O9S3. The molecule has 16 heteroatoms. The summed E-state index contributed by atoms with van der Waals surface area (Å²) < 4.78 is 88.3. The molecule has 0 fully saturated rings. The number of benzene rings is 3. The summed E-state index contributed by atoms with van der Waals surface area (Å²) in [6, 6.07) is 15.9. The van der Waals surface area contributed by atoms with Gasteiger partial charge in [-0.2, -0.15) is 25.3 Å². The molecule has 0 saturated heterocycles. The Hall–Kier alpha value is -2.68. The molecule has 0 aromatic heterocycles. The van der Waals surface area contributed by atoms with Gasteiger partial charge in [0.05, 0.1) is 14.7 Å². The van der Waals surface area contributed by atoms with Crippen molar-refractivity contribution in [2.45, 2.75) is 14.7 Å². The summed E-state index contributed by atoms with van der Waals surface area (Å²) in [6.45, 7) is 0. The lowest BCUT2D eigenvalue weighted by Crippen LogP contribution is -1.97. The van der Waals surface area contributed by atoms with Gasteiger partial charge in [-0.1, -0.05) is 0 Å². The first kappa shape index (κ1) is 31.3. The quantitative estimate of drug-likeness (QED) is 0.154. The van der Waals surface area contributed by atoms with E-state index < -0.39 is 30.4 Å². The molecule has 0 aliphatic rings. The van der Waals surface area contributed by atoms with Crippen LogP contribution < -0.4 is 17.2 Å². The topological polar surface area (TPSA) is 241 Å². The van der Waals surface area contributed by atoms with Crippen molar-refractivity contribution in [3.63, 3.8) is 0 Å². The standard InChI is InChI=1S/3C6H7NO3S.Al/c3*7-5-1-3-6(4-2-5)11(8,9)10;/h3*1-4H,7H2,(H,8,9,10);. The van der Waals surface area contributed by atoms with Crippen LogP contribution in [-0.4, -0.2) is 56.3 Å². The average Bonchev–Trinajstić information content (AvgIpc) is 2.68. The van der Waals surface area contributed by atoms with E-state index in [1.807, 2.05) is 0 Å². The maximum Gasteiger partial charge on any atom is 0.294 e. The number of nitrogens with two attached hydrogens (primary N) is 3. The summed E-state index contributed by atoms with van der Waals surface area (Å²) in [4.78, 5) is -0.440. The zero-order valence-corrected chi connectivity index (χ0v) is 20.9. The van der Waals surface area contributed by atoms with Crippen LogP contribution in [-0.2, 0) is 30.4 Å². The third kappa shape index (κ3) is 11.5. The maximum atomic E-state index is 10.5. The third-order valence-corrected chi connectivity index (χ3v) is 6.14. The van der Waals surface area contributed by atoms with Crippen molar-refractivity contribution in [1.29, 1.82) is 0 Å². The number of rotatable bonds is 3. The second-order valence-corrected chi connectivity index (χ2v) is 10.4. The first-order valence-electron chi connectivity index (χ1n) is 8.49. The average molecular weight is 547 g/mol. The molecule has 3 radical (unpaired) electrons. The molecule has 0 spiro atoms. The van der Waals surface area contributed by atoms with Crippen LogP contribution in [0.4, 0.5) is 17.1 Å². The highest BCUT2D eigenvalue weighted by Crippen LogP contribution is 2.12. The van der Waals surface area contributed by atoms with Crippen molar-refractivity contribution >= 4 is 64.8 Å². The van der Waals surface area contributed by atoms with Crippen molar-refractivity contribution in [1.82, 2.24) is 0 Å². The van der Waals surface area contributed by atoms with Gasteiger partial charge >= 0.3 is 0 Å². The van der Waals surface area contributed by atoms with Gasteiger partial charge in [0.2, 0.25) is 0 Å². The molecule has 183 valence electrons. The van der Waals surface area contributed by atoms with Crippen molar-refractivity contribution in [2.24, 2.45) is 0 Å². The summed E-state index contributed by atoms with van der Waals surface area (Å²) in [6.07, 6.45) is 0. The molecule has 3 aromatic carbocycles.